The van der Waals surface area contributed by atoms with E-state index in [1.165, 1.54) is 0 Å². The molecule has 14 heavy (non-hydrogen) atoms. The molecule has 0 aliphatic rings. The van der Waals surface area contributed by atoms with E-state index in [-0.39, 0.29) is 0 Å². The third-order valence-corrected chi connectivity index (χ3v) is 1.69. The standard InChI is InChI=1S/C8H15N5O/c1-13-6-7(5-12-13)4-10-2-3-11-8(9)14/h5-6,10H,2-4H2,1H3,(H3,9,11,14). The van der Waals surface area contributed by atoms with Gasteiger partial charge >= 0.3 is 6.03 Å². The number of nitrogens with zero attached hydrogens (tertiary/aromatic N) is 2. The molecule has 0 fully saturated rings. The van der Waals surface area contributed by atoms with Gasteiger partial charge in [-0.3, -0.25) is 4.68 Å². The molecule has 0 aliphatic carbocycles. The van der Waals surface area contributed by atoms with E-state index in [0.29, 0.717) is 13.1 Å². The summed E-state index contributed by atoms with van der Waals surface area (Å²) in [6.45, 7) is 1.97. The molecule has 2 amide bonds. The molecule has 0 saturated heterocycles. The highest BCUT2D eigenvalue weighted by molar-refractivity contribution is 5.71. The van der Waals surface area contributed by atoms with Crippen LogP contribution < -0.4 is 16.4 Å². The van der Waals surface area contributed by atoms with Gasteiger partial charge in [0.15, 0.2) is 0 Å². The largest absolute Gasteiger partial charge is 0.352 e. The molecule has 0 radical (unpaired) electrons. The number of hydrogen-bond acceptors (Lipinski definition) is 3. The van der Waals surface area contributed by atoms with Gasteiger partial charge in [0.05, 0.1) is 6.20 Å². The van der Waals surface area contributed by atoms with Crippen molar-refractivity contribution in [1.82, 2.24) is 20.4 Å². The minimum absolute atomic E-state index is 0.492. The highest BCUT2D eigenvalue weighted by Crippen LogP contribution is 1.93. The summed E-state index contributed by atoms with van der Waals surface area (Å²) in [5.41, 5.74) is 6.02. The number of nitrogens with two attached hydrogens (primary N) is 1. The fraction of sp³-hybridized carbons (Fsp3) is 0.500. The molecule has 1 aromatic rings. The molecule has 0 aromatic carbocycles. The Morgan fingerprint density at radius 3 is 3.00 bits per heavy atom. The Hall–Kier alpha value is -1.56. The molecule has 1 rings (SSSR count). The minimum atomic E-state index is -0.492. The lowest BCUT2D eigenvalue weighted by Gasteiger charge is -2.02. The van der Waals surface area contributed by atoms with Gasteiger partial charge in [0.2, 0.25) is 0 Å². The van der Waals surface area contributed by atoms with Gasteiger partial charge in [-0.25, -0.2) is 4.79 Å². The van der Waals surface area contributed by atoms with Crippen LogP contribution >= 0.6 is 0 Å². The average Bonchev–Trinajstić information content (AvgIpc) is 2.50. The van der Waals surface area contributed by atoms with Gasteiger partial charge in [-0.1, -0.05) is 0 Å². The Balaban J connectivity index is 2.07. The Labute approximate surface area is 82.5 Å². The van der Waals surface area contributed by atoms with Gasteiger partial charge in [-0.2, -0.15) is 5.10 Å². The van der Waals surface area contributed by atoms with Crippen molar-refractivity contribution in [3.8, 4) is 0 Å². The molecule has 6 nitrogen and oxygen atoms in total. The lowest BCUT2D eigenvalue weighted by Crippen LogP contribution is -2.35. The van der Waals surface area contributed by atoms with E-state index in [1.54, 1.807) is 10.9 Å². The molecule has 0 unspecified atom stereocenters. The topological polar surface area (TPSA) is 85.0 Å². The molecular formula is C8H15N5O. The van der Waals surface area contributed by atoms with E-state index in [1.807, 2.05) is 13.2 Å². The summed E-state index contributed by atoms with van der Waals surface area (Å²) in [6.07, 6.45) is 3.74. The van der Waals surface area contributed by atoms with Gasteiger partial charge < -0.3 is 16.4 Å². The molecule has 0 atom stereocenters. The first kappa shape index (κ1) is 10.5. The van der Waals surface area contributed by atoms with Crippen LogP contribution in [0.2, 0.25) is 0 Å². The van der Waals surface area contributed by atoms with Gasteiger partial charge in [0.25, 0.3) is 0 Å². The van der Waals surface area contributed by atoms with Gasteiger partial charge in [-0.05, 0) is 0 Å². The highest BCUT2D eigenvalue weighted by Gasteiger charge is 1.95. The second-order valence-corrected chi connectivity index (χ2v) is 2.99. The summed E-state index contributed by atoms with van der Waals surface area (Å²) in [5, 5.41) is 9.67. The van der Waals surface area contributed by atoms with E-state index in [4.69, 9.17) is 5.73 Å². The minimum Gasteiger partial charge on any atom is -0.352 e. The number of urea groups is 1. The van der Waals surface area contributed by atoms with Crippen LogP contribution in [-0.2, 0) is 13.6 Å². The zero-order chi connectivity index (χ0) is 10.4. The van der Waals surface area contributed by atoms with E-state index < -0.39 is 6.03 Å². The predicted octanol–water partition coefficient (Wildman–Crippen LogP) is -0.822. The zero-order valence-electron chi connectivity index (χ0n) is 8.16. The van der Waals surface area contributed by atoms with Crippen LogP contribution in [-0.4, -0.2) is 28.9 Å². The third-order valence-electron chi connectivity index (χ3n) is 1.69. The number of aryl methyl sites for hydroxylation is 1. The van der Waals surface area contributed by atoms with Crippen molar-refractivity contribution < 1.29 is 4.79 Å². The van der Waals surface area contributed by atoms with Crippen LogP contribution in [0, 0.1) is 0 Å². The number of carbonyl (C=O) groups is 1. The number of hydrogen-bond donors (Lipinski definition) is 3. The summed E-state index contributed by atoms with van der Waals surface area (Å²) in [6, 6.07) is -0.492. The maximum absolute atomic E-state index is 10.3. The van der Waals surface area contributed by atoms with Crippen LogP contribution in [0.3, 0.4) is 0 Å². The SMILES string of the molecule is Cn1cc(CNCCNC(N)=O)cn1. The highest BCUT2D eigenvalue weighted by atomic mass is 16.2. The summed E-state index contributed by atoms with van der Waals surface area (Å²) < 4.78 is 1.75. The normalized spacial score (nSPS) is 10.1. The summed E-state index contributed by atoms with van der Waals surface area (Å²) in [7, 11) is 1.87. The molecular weight excluding hydrogens is 182 g/mol. The fourth-order valence-corrected chi connectivity index (χ4v) is 1.07. The van der Waals surface area contributed by atoms with Gasteiger partial charge in [-0.15, -0.1) is 0 Å². The molecule has 78 valence electrons. The molecule has 1 aromatic heterocycles. The monoisotopic (exact) mass is 197 g/mol. The van der Waals surface area contributed by atoms with Crippen molar-refractivity contribution >= 4 is 6.03 Å². The smallest absolute Gasteiger partial charge is 0.312 e. The number of rotatable bonds is 5. The lowest BCUT2D eigenvalue weighted by molar-refractivity contribution is 0.249. The second kappa shape index (κ2) is 5.23. The Morgan fingerprint density at radius 2 is 2.43 bits per heavy atom. The van der Waals surface area contributed by atoms with E-state index in [0.717, 1.165) is 12.1 Å². The molecule has 1 heterocycles. The number of amides is 2. The third kappa shape index (κ3) is 3.90. The van der Waals surface area contributed by atoms with Crippen LogP contribution in [0.5, 0.6) is 0 Å². The molecule has 4 N–H and O–H groups in total. The maximum atomic E-state index is 10.3. The molecule has 0 bridgehead atoms. The molecule has 0 spiro atoms. The van der Waals surface area contributed by atoms with Crippen LogP contribution in [0.15, 0.2) is 12.4 Å². The zero-order valence-corrected chi connectivity index (χ0v) is 8.16. The quantitative estimate of drug-likeness (QED) is 0.539. The first-order valence-corrected chi connectivity index (χ1v) is 4.40. The van der Waals surface area contributed by atoms with Crippen LogP contribution in [0.4, 0.5) is 4.79 Å². The number of carbonyl (C=O) groups excluding carboxylic acids is 1. The second-order valence-electron chi connectivity index (χ2n) is 2.99. The van der Waals surface area contributed by atoms with Crippen LogP contribution in [0.25, 0.3) is 0 Å². The van der Waals surface area contributed by atoms with Gasteiger partial charge in [0.1, 0.15) is 0 Å². The van der Waals surface area contributed by atoms with Gasteiger partial charge in [0, 0.05) is 38.4 Å². The van der Waals surface area contributed by atoms with Crippen molar-refractivity contribution in [2.45, 2.75) is 6.54 Å². The predicted molar refractivity (Wildman–Crippen MR) is 52.5 cm³/mol. The summed E-state index contributed by atoms with van der Waals surface area (Å²) in [5.74, 6) is 0. The van der Waals surface area contributed by atoms with Crippen molar-refractivity contribution in [2.24, 2.45) is 12.8 Å². The van der Waals surface area contributed by atoms with Crippen molar-refractivity contribution in [3.63, 3.8) is 0 Å². The molecule has 0 saturated carbocycles. The number of nitrogens with one attached hydrogen (secondary N) is 2. The van der Waals surface area contributed by atoms with E-state index >= 15 is 0 Å². The Kier molecular flexibility index (Phi) is 3.93. The number of aromatic nitrogens is 2. The van der Waals surface area contributed by atoms with Crippen molar-refractivity contribution in [2.75, 3.05) is 13.1 Å². The summed E-state index contributed by atoms with van der Waals surface area (Å²) >= 11 is 0. The Bertz CT molecular complexity index is 296. The van der Waals surface area contributed by atoms with Crippen LogP contribution in [0.1, 0.15) is 5.56 Å². The average molecular weight is 197 g/mol. The molecule has 0 aliphatic heterocycles. The molecule has 6 heteroatoms. The summed E-state index contributed by atoms with van der Waals surface area (Å²) in [4.78, 5) is 10.3. The van der Waals surface area contributed by atoms with Crippen molar-refractivity contribution in [3.05, 3.63) is 18.0 Å². The van der Waals surface area contributed by atoms with E-state index in [9.17, 15) is 4.79 Å². The maximum Gasteiger partial charge on any atom is 0.312 e. The lowest BCUT2D eigenvalue weighted by atomic mass is 10.3. The number of primary amides is 1. The first-order valence-electron chi connectivity index (χ1n) is 4.40. The fourth-order valence-electron chi connectivity index (χ4n) is 1.07. The Morgan fingerprint density at radius 1 is 1.64 bits per heavy atom. The first-order chi connectivity index (χ1) is 6.68. The van der Waals surface area contributed by atoms with E-state index in [2.05, 4.69) is 15.7 Å². The van der Waals surface area contributed by atoms with Crippen molar-refractivity contribution in [1.29, 1.82) is 0 Å².